The highest BCUT2D eigenvalue weighted by Gasteiger charge is 2.20. The van der Waals surface area contributed by atoms with E-state index < -0.39 is 0 Å². The van der Waals surface area contributed by atoms with Gasteiger partial charge in [0, 0.05) is 17.5 Å². The molecule has 0 bridgehead atoms. The van der Waals surface area contributed by atoms with Crippen LogP contribution in [0.3, 0.4) is 0 Å². The molecule has 0 unspecified atom stereocenters. The van der Waals surface area contributed by atoms with E-state index in [1.54, 1.807) is 23.5 Å². The van der Waals surface area contributed by atoms with Gasteiger partial charge in [-0.2, -0.15) is 5.26 Å². The Bertz CT molecular complexity index is 644. The summed E-state index contributed by atoms with van der Waals surface area (Å²) in [4.78, 5) is 6.92. The molecule has 1 aliphatic rings. The molecule has 3 nitrogen and oxygen atoms in total. The van der Waals surface area contributed by atoms with Crippen LogP contribution < -0.4 is 0 Å². The highest BCUT2D eigenvalue weighted by molar-refractivity contribution is 7.09. The number of piperidine rings is 1. The van der Waals surface area contributed by atoms with Crippen LogP contribution in [0.25, 0.3) is 11.3 Å². The minimum atomic E-state index is -0.231. The van der Waals surface area contributed by atoms with Crippen molar-refractivity contribution in [2.24, 2.45) is 5.92 Å². The average Bonchev–Trinajstić information content (AvgIpc) is 2.96. The Labute approximate surface area is 127 Å². The number of benzene rings is 1. The zero-order valence-corrected chi connectivity index (χ0v) is 12.4. The Morgan fingerprint density at radius 3 is 2.95 bits per heavy atom. The molecule has 0 saturated carbocycles. The molecule has 108 valence electrons. The van der Waals surface area contributed by atoms with E-state index in [0.717, 1.165) is 48.7 Å². The lowest BCUT2D eigenvalue weighted by Gasteiger charge is -2.28. The molecule has 2 heterocycles. The number of nitrogens with zero attached hydrogens (tertiary/aromatic N) is 3. The molecule has 2 aromatic rings. The zero-order chi connectivity index (χ0) is 14.7. The van der Waals surface area contributed by atoms with Gasteiger partial charge in [0.1, 0.15) is 10.8 Å². The fourth-order valence-electron chi connectivity index (χ4n) is 2.63. The molecule has 0 spiro atoms. The minimum absolute atomic E-state index is 0.148. The highest BCUT2D eigenvalue weighted by atomic mass is 32.1. The van der Waals surface area contributed by atoms with Gasteiger partial charge in [-0.1, -0.05) is 0 Å². The summed E-state index contributed by atoms with van der Waals surface area (Å²) in [5.74, 6) is -0.0830. The van der Waals surface area contributed by atoms with Crippen molar-refractivity contribution in [1.82, 2.24) is 9.88 Å². The molecule has 1 aromatic carbocycles. The number of nitriles is 1. The van der Waals surface area contributed by atoms with Crippen molar-refractivity contribution in [2.45, 2.75) is 19.4 Å². The summed E-state index contributed by atoms with van der Waals surface area (Å²) in [6.07, 6.45) is 2.08. The maximum absolute atomic E-state index is 12.9. The number of thiazole rings is 1. The first-order valence-electron chi connectivity index (χ1n) is 7.07. The molecule has 1 aromatic heterocycles. The SMILES string of the molecule is N#C[C@@H]1CCCN(Cc2nc(-c3ccc(F)cc3)cs2)C1. The predicted molar refractivity (Wildman–Crippen MR) is 81.1 cm³/mol. The lowest BCUT2D eigenvalue weighted by molar-refractivity contribution is 0.192. The Kier molecular flexibility index (Phi) is 4.28. The molecule has 1 atom stereocenters. The van der Waals surface area contributed by atoms with E-state index in [0.29, 0.717) is 0 Å². The van der Waals surface area contributed by atoms with Crippen LogP contribution in [0.5, 0.6) is 0 Å². The summed E-state index contributed by atoms with van der Waals surface area (Å²) in [6.45, 7) is 2.66. The minimum Gasteiger partial charge on any atom is -0.295 e. The summed E-state index contributed by atoms with van der Waals surface area (Å²) in [5.41, 5.74) is 1.83. The van der Waals surface area contributed by atoms with Gasteiger partial charge in [0.15, 0.2) is 0 Å². The summed E-state index contributed by atoms with van der Waals surface area (Å²) < 4.78 is 12.9. The fourth-order valence-corrected chi connectivity index (χ4v) is 3.48. The zero-order valence-electron chi connectivity index (χ0n) is 11.6. The molecule has 21 heavy (non-hydrogen) atoms. The number of aromatic nitrogens is 1. The summed E-state index contributed by atoms with van der Waals surface area (Å²) >= 11 is 1.62. The van der Waals surface area contributed by atoms with E-state index in [1.165, 1.54) is 12.1 Å². The number of hydrogen-bond donors (Lipinski definition) is 0. The molecular formula is C16H16FN3S. The first kappa shape index (κ1) is 14.2. The van der Waals surface area contributed by atoms with Crippen LogP contribution in [0.4, 0.5) is 4.39 Å². The van der Waals surface area contributed by atoms with Crippen molar-refractivity contribution in [3.8, 4) is 17.3 Å². The van der Waals surface area contributed by atoms with Gasteiger partial charge in [-0.15, -0.1) is 11.3 Å². The first-order chi connectivity index (χ1) is 10.2. The van der Waals surface area contributed by atoms with Gasteiger partial charge in [-0.25, -0.2) is 9.37 Å². The van der Waals surface area contributed by atoms with E-state index in [2.05, 4.69) is 16.0 Å². The van der Waals surface area contributed by atoms with Crippen LogP contribution in [-0.2, 0) is 6.54 Å². The maximum atomic E-state index is 12.9. The van der Waals surface area contributed by atoms with Crippen molar-refractivity contribution in [3.63, 3.8) is 0 Å². The van der Waals surface area contributed by atoms with E-state index in [9.17, 15) is 4.39 Å². The van der Waals surface area contributed by atoms with Crippen LogP contribution >= 0.6 is 11.3 Å². The number of hydrogen-bond acceptors (Lipinski definition) is 4. The first-order valence-corrected chi connectivity index (χ1v) is 7.95. The summed E-state index contributed by atoms with van der Waals surface area (Å²) in [7, 11) is 0. The summed E-state index contributed by atoms with van der Waals surface area (Å²) in [5, 5.41) is 12.1. The Morgan fingerprint density at radius 2 is 2.19 bits per heavy atom. The number of halogens is 1. The molecule has 0 aliphatic carbocycles. The lowest BCUT2D eigenvalue weighted by atomic mass is 10.00. The third kappa shape index (κ3) is 3.46. The van der Waals surface area contributed by atoms with Crippen LogP contribution in [-0.4, -0.2) is 23.0 Å². The van der Waals surface area contributed by atoms with Gasteiger partial charge in [-0.3, -0.25) is 4.90 Å². The summed E-state index contributed by atoms with van der Waals surface area (Å²) in [6, 6.07) is 8.77. The second-order valence-corrected chi connectivity index (χ2v) is 6.28. The third-order valence-electron chi connectivity index (χ3n) is 3.74. The quantitative estimate of drug-likeness (QED) is 0.868. The molecule has 5 heteroatoms. The van der Waals surface area contributed by atoms with E-state index in [-0.39, 0.29) is 11.7 Å². The third-order valence-corrected chi connectivity index (χ3v) is 4.57. The molecule has 0 radical (unpaired) electrons. The van der Waals surface area contributed by atoms with Gasteiger partial charge < -0.3 is 0 Å². The number of rotatable bonds is 3. The van der Waals surface area contributed by atoms with Gasteiger partial charge >= 0.3 is 0 Å². The molecule has 0 N–H and O–H groups in total. The molecule has 0 amide bonds. The van der Waals surface area contributed by atoms with Crippen molar-refractivity contribution in [2.75, 3.05) is 13.1 Å². The van der Waals surface area contributed by atoms with Gasteiger partial charge in [0.25, 0.3) is 0 Å². The predicted octanol–water partition coefficient (Wildman–Crippen LogP) is 3.68. The van der Waals surface area contributed by atoms with Crippen molar-refractivity contribution in [3.05, 3.63) is 40.5 Å². The van der Waals surface area contributed by atoms with Gasteiger partial charge in [0.05, 0.1) is 24.2 Å². The topological polar surface area (TPSA) is 39.9 Å². The largest absolute Gasteiger partial charge is 0.295 e. The van der Waals surface area contributed by atoms with Crippen LogP contribution in [0.1, 0.15) is 17.8 Å². The van der Waals surface area contributed by atoms with Crippen LogP contribution in [0, 0.1) is 23.1 Å². The van der Waals surface area contributed by atoms with E-state index in [4.69, 9.17) is 5.26 Å². The standard InChI is InChI=1S/C16H16FN3S/c17-14-5-3-13(4-6-14)15-11-21-16(19-15)10-20-7-1-2-12(8-18)9-20/h3-6,11-12H,1-2,7,9-10H2/t12-/m0/s1. The van der Waals surface area contributed by atoms with Crippen molar-refractivity contribution < 1.29 is 4.39 Å². The van der Waals surface area contributed by atoms with Crippen LogP contribution in [0.15, 0.2) is 29.6 Å². The second kappa shape index (κ2) is 6.33. The highest BCUT2D eigenvalue weighted by Crippen LogP contribution is 2.24. The Morgan fingerprint density at radius 1 is 1.38 bits per heavy atom. The van der Waals surface area contributed by atoms with Gasteiger partial charge in [0.2, 0.25) is 0 Å². The lowest BCUT2D eigenvalue weighted by Crippen LogP contribution is -2.34. The smallest absolute Gasteiger partial charge is 0.123 e. The average molecular weight is 301 g/mol. The van der Waals surface area contributed by atoms with Crippen LogP contribution in [0.2, 0.25) is 0 Å². The maximum Gasteiger partial charge on any atom is 0.123 e. The molecule has 1 fully saturated rings. The molecule has 1 saturated heterocycles. The monoisotopic (exact) mass is 301 g/mol. The Hall–Kier alpha value is -1.77. The van der Waals surface area contributed by atoms with E-state index >= 15 is 0 Å². The van der Waals surface area contributed by atoms with Crippen molar-refractivity contribution in [1.29, 1.82) is 5.26 Å². The van der Waals surface area contributed by atoms with E-state index in [1.807, 2.05) is 5.38 Å². The molecule has 3 rings (SSSR count). The Balaban J connectivity index is 1.68. The molecular weight excluding hydrogens is 285 g/mol. The fraction of sp³-hybridized carbons (Fsp3) is 0.375. The van der Waals surface area contributed by atoms with Crippen molar-refractivity contribution >= 4 is 11.3 Å². The number of likely N-dealkylation sites (tertiary alicyclic amines) is 1. The second-order valence-electron chi connectivity index (χ2n) is 5.34. The van der Waals surface area contributed by atoms with Gasteiger partial charge in [-0.05, 0) is 43.7 Å². The normalized spacial score (nSPS) is 19.3. The molecule has 1 aliphatic heterocycles.